The van der Waals surface area contributed by atoms with Gasteiger partial charge in [-0.25, -0.2) is 0 Å². The van der Waals surface area contributed by atoms with E-state index in [9.17, 15) is 18.0 Å². The van der Waals surface area contributed by atoms with Crippen LogP contribution in [0.3, 0.4) is 0 Å². The minimum Gasteiger partial charge on any atom is -0.337 e. The van der Waals surface area contributed by atoms with Gasteiger partial charge in [0.25, 0.3) is 5.91 Å². The molecule has 0 aliphatic rings. The predicted octanol–water partition coefficient (Wildman–Crippen LogP) is 3.37. The van der Waals surface area contributed by atoms with Crippen LogP contribution in [-0.2, 0) is 12.7 Å². The van der Waals surface area contributed by atoms with E-state index in [4.69, 9.17) is 0 Å². The van der Waals surface area contributed by atoms with E-state index >= 15 is 0 Å². The SMILES string of the molecule is CN(Cc1cccnc1)C(=O)c1ccccc1C(F)(F)F. The summed E-state index contributed by atoms with van der Waals surface area (Å²) < 4.78 is 38.8. The van der Waals surface area contributed by atoms with Crippen molar-refractivity contribution in [3.05, 3.63) is 65.5 Å². The van der Waals surface area contributed by atoms with Gasteiger partial charge in [-0.3, -0.25) is 9.78 Å². The van der Waals surface area contributed by atoms with Gasteiger partial charge in [0.1, 0.15) is 0 Å². The van der Waals surface area contributed by atoms with Crippen LogP contribution < -0.4 is 0 Å². The molecule has 0 saturated heterocycles. The first-order chi connectivity index (χ1) is 9.89. The molecule has 0 N–H and O–H groups in total. The highest BCUT2D eigenvalue weighted by Crippen LogP contribution is 2.32. The van der Waals surface area contributed by atoms with Gasteiger partial charge < -0.3 is 4.90 Å². The van der Waals surface area contributed by atoms with Crippen molar-refractivity contribution in [2.75, 3.05) is 7.05 Å². The molecule has 0 bridgehead atoms. The van der Waals surface area contributed by atoms with Crippen molar-refractivity contribution < 1.29 is 18.0 Å². The van der Waals surface area contributed by atoms with Crippen LogP contribution in [0, 0.1) is 0 Å². The molecule has 2 rings (SSSR count). The third-order valence-electron chi connectivity index (χ3n) is 2.95. The van der Waals surface area contributed by atoms with Crippen molar-refractivity contribution in [2.24, 2.45) is 0 Å². The van der Waals surface area contributed by atoms with Crippen LogP contribution in [0.2, 0.25) is 0 Å². The maximum atomic E-state index is 12.9. The van der Waals surface area contributed by atoms with Gasteiger partial charge in [0, 0.05) is 26.0 Å². The summed E-state index contributed by atoms with van der Waals surface area (Å²) in [6.45, 7) is 0.193. The molecule has 0 aliphatic carbocycles. The second-order valence-electron chi connectivity index (χ2n) is 4.57. The minimum absolute atomic E-state index is 0.193. The first kappa shape index (κ1) is 15.0. The number of nitrogens with zero attached hydrogens (tertiary/aromatic N) is 2. The Labute approximate surface area is 120 Å². The second kappa shape index (κ2) is 5.95. The number of carbonyl (C=O) groups excluding carboxylic acids is 1. The number of aromatic nitrogens is 1. The van der Waals surface area contributed by atoms with E-state index in [0.29, 0.717) is 0 Å². The number of rotatable bonds is 3. The molecule has 2 aromatic rings. The Morgan fingerprint density at radius 1 is 1.19 bits per heavy atom. The van der Waals surface area contributed by atoms with E-state index in [1.807, 2.05) is 0 Å². The summed E-state index contributed by atoms with van der Waals surface area (Å²) in [6, 6.07) is 8.24. The molecule has 6 heteroatoms. The molecule has 0 fully saturated rings. The summed E-state index contributed by atoms with van der Waals surface area (Å²) in [5.41, 5.74) is -0.526. The van der Waals surface area contributed by atoms with E-state index in [-0.39, 0.29) is 12.1 Å². The number of alkyl halides is 3. The summed E-state index contributed by atoms with van der Waals surface area (Å²) in [5.74, 6) is -0.674. The molecule has 1 aromatic heterocycles. The number of amides is 1. The van der Waals surface area contributed by atoms with E-state index in [1.54, 1.807) is 24.5 Å². The average molecular weight is 294 g/mol. The van der Waals surface area contributed by atoms with Crippen molar-refractivity contribution in [3.8, 4) is 0 Å². The van der Waals surface area contributed by atoms with Gasteiger partial charge in [0.2, 0.25) is 0 Å². The smallest absolute Gasteiger partial charge is 0.337 e. The van der Waals surface area contributed by atoms with Crippen molar-refractivity contribution in [1.82, 2.24) is 9.88 Å². The molecule has 0 aliphatic heterocycles. The Bertz CT molecular complexity index is 626. The fraction of sp³-hybridized carbons (Fsp3) is 0.200. The maximum absolute atomic E-state index is 12.9. The van der Waals surface area contributed by atoms with Gasteiger partial charge in [0.15, 0.2) is 0 Å². The fourth-order valence-corrected chi connectivity index (χ4v) is 1.96. The molecule has 1 aromatic carbocycles. The van der Waals surface area contributed by atoms with Gasteiger partial charge in [-0.1, -0.05) is 18.2 Å². The van der Waals surface area contributed by atoms with Crippen LogP contribution in [0.15, 0.2) is 48.8 Å². The van der Waals surface area contributed by atoms with Crippen molar-refractivity contribution >= 4 is 5.91 Å². The Kier molecular flexibility index (Phi) is 4.26. The highest BCUT2D eigenvalue weighted by molar-refractivity contribution is 5.95. The summed E-state index contributed by atoms with van der Waals surface area (Å²) in [5, 5.41) is 0. The molecule has 0 saturated carbocycles. The van der Waals surface area contributed by atoms with Crippen LogP contribution in [0.1, 0.15) is 21.5 Å². The number of pyridine rings is 1. The van der Waals surface area contributed by atoms with Crippen LogP contribution in [-0.4, -0.2) is 22.8 Å². The number of hydrogen-bond acceptors (Lipinski definition) is 2. The molecule has 0 atom stereocenters. The normalized spacial score (nSPS) is 11.2. The lowest BCUT2D eigenvalue weighted by Gasteiger charge is -2.19. The first-order valence-electron chi connectivity index (χ1n) is 6.20. The zero-order chi connectivity index (χ0) is 15.5. The second-order valence-corrected chi connectivity index (χ2v) is 4.57. The number of benzene rings is 1. The van der Waals surface area contributed by atoms with E-state index < -0.39 is 17.6 Å². The third kappa shape index (κ3) is 3.59. The lowest BCUT2D eigenvalue weighted by Crippen LogP contribution is -2.28. The molecule has 0 spiro atoms. The maximum Gasteiger partial charge on any atom is 0.417 e. The molecule has 0 unspecified atom stereocenters. The van der Waals surface area contributed by atoms with E-state index in [2.05, 4.69) is 4.98 Å². The van der Waals surface area contributed by atoms with Crippen LogP contribution >= 0.6 is 0 Å². The Hall–Kier alpha value is -2.37. The number of hydrogen-bond donors (Lipinski definition) is 0. The summed E-state index contributed by atoms with van der Waals surface area (Å²) in [6.07, 6.45) is -1.40. The molecular formula is C15H13F3N2O. The Balaban J connectivity index is 2.24. The largest absolute Gasteiger partial charge is 0.417 e. The first-order valence-corrected chi connectivity index (χ1v) is 6.20. The molecule has 1 amide bonds. The minimum atomic E-state index is -4.55. The average Bonchev–Trinajstić information content (AvgIpc) is 2.46. The summed E-state index contributed by atoms with van der Waals surface area (Å²) >= 11 is 0. The summed E-state index contributed by atoms with van der Waals surface area (Å²) in [4.78, 5) is 17.4. The fourth-order valence-electron chi connectivity index (χ4n) is 1.96. The Morgan fingerprint density at radius 3 is 2.52 bits per heavy atom. The quantitative estimate of drug-likeness (QED) is 0.869. The summed E-state index contributed by atoms with van der Waals surface area (Å²) in [7, 11) is 1.46. The Morgan fingerprint density at radius 2 is 1.90 bits per heavy atom. The van der Waals surface area contributed by atoms with Crippen molar-refractivity contribution in [1.29, 1.82) is 0 Å². The predicted molar refractivity (Wildman–Crippen MR) is 71.5 cm³/mol. The monoisotopic (exact) mass is 294 g/mol. The van der Waals surface area contributed by atoms with Gasteiger partial charge >= 0.3 is 6.18 Å². The van der Waals surface area contributed by atoms with Crippen LogP contribution in [0.25, 0.3) is 0 Å². The lowest BCUT2D eigenvalue weighted by atomic mass is 10.1. The molecule has 110 valence electrons. The highest BCUT2D eigenvalue weighted by atomic mass is 19.4. The lowest BCUT2D eigenvalue weighted by molar-refractivity contribution is -0.138. The molecule has 0 radical (unpaired) electrons. The highest BCUT2D eigenvalue weighted by Gasteiger charge is 2.35. The van der Waals surface area contributed by atoms with Crippen LogP contribution in [0.4, 0.5) is 13.2 Å². The van der Waals surface area contributed by atoms with E-state index in [0.717, 1.165) is 11.6 Å². The molecule has 21 heavy (non-hydrogen) atoms. The van der Waals surface area contributed by atoms with Crippen molar-refractivity contribution in [3.63, 3.8) is 0 Å². The van der Waals surface area contributed by atoms with Crippen molar-refractivity contribution in [2.45, 2.75) is 12.7 Å². The molecule has 3 nitrogen and oxygen atoms in total. The zero-order valence-corrected chi connectivity index (χ0v) is 11.3. The van der Waals surface area contributed by atoms with Gasteiger partial charge in [-0.15, -0.1) is 0 Å². The standard InChI is InChI=1S/C15H13F3N2O/c1-20(10-11-5-4-8-19-9-11)14(21)12-6-2-3-7-13(12)15(16,17)18/h2-9H,10H2,1H3. The topological polar surface area (TPSA) is 33.2 Å². The van der Waals surface area contributed by atoms with Gasteiger partial charge in [0.05, 0.1) is 11.1 Å². The number of halogens is 3. The van der Waals surface area contributed by atoms with Crippen LogP contribution in [0.5, 0.6) is 0 Å². The molecule has 1 heterocycles. The zero-order valence-electron chi connectivity index (χ0n) is 11.3. The molecular weight excluding hydrogens is 281 g/mol. The number of carbonyl (C=O) groups is 1. The van der Waals surface area contributed by atoms with Gasteiger partial charge in [-0.2, -0.15) is 13.2 Å². The third-order valence-corrected chi connectivity index (χ3v) is 2.95. The van der Waals surface area contributed by atoms with Gasteiger partial charge in [-0.05, 0) is 23.8 Å². The van der Waals surface area contributed by atoms with E-state index in [1.165, 1.54) is 30.1 Å².